The highest BCUT2D eigenvalue weighted by Gasteiger charge is 2.33. The predicted octanol–water partition coefficient (Wildman–Crippen LogP) is 3.26. The molecule has 2 aromatic rings. The number of phenolic OH excluding ortho intramolecular Hbond substituents is 2. The second-order valence-corrected chi connectivity index (χ2v) is 12.7. The Morgan fingerprint density at radius 1 is 1.16 bits per heavy atom. The highest BCUT2D eigenvalue weighted by atomic mass is 16.5. The molecule has 238 valence electrons. The first-order valence-electron chi connectivity index (χ1n) is 15.7. The van der Waals surface area contributed by atoms with E-state index in [0.29, 0.717) is 74.1 Å². The fourth-order valence-corrected chi connectivity index (χ4v) is 6.27. The van der Waals surface area contributed by atoms with Crippen LogP contribution in [0.15, 0.2) is 23.2 Å². The number of aromatic hydroxyl groups is 2. The molecule has 0 saturated heterocycles. The first-order chi connectivity index (χ1) is 21.6. The van der Waals surface area contributed by atoms with E-state index in [4.69, 9.17) is 15.2 Å². The molecule has 3 aliphatic rings. The summed E-state index contributed by atoms with van der Waals surface area (Å²) in [6.07, 6.45) is 1.45. The maximum absolute atomic E-state index is 13.1. The molecule has 0 radical (unpaired) electrons. The number of methoxy groups -OCH3 is 1. The van der Waals surface area contributed by atoms with E-state index in [2.05, 4.69) is 47.8 Å². The smallest absolute Gasteiger partial charge is 0.188 e. The van der Waals surface area contributed by atoms with Crippen molar-refractivity contribution in [2.45, 2.75) is 64.9 Å². The summed E-state index contributed by atoms with van der Waals surface area (Å²) in [7, 11) is 1.46. The lowest BCUT2D eigenvalue weighted by molar-refractivity contribution is -0.121. The molecule has 45 heavy (non-hydrogen) atoms. The Balaban J connectivity index is 1.54. The summed E-state index contributed by atoms with van der Waals surface area (Å²) in [5.74, 6) is 14.0. The van der Waals surface area contributed by atoms with Gasteiger partial charge in [-0.15, -0.1) is 5.92 Å². The van der Waals surface area contributed by atoms with Crippen LogP contribution in [0.25, 0.3) is 0 Å². The van der Waals surface area contributed by atoms with Gasteiger partial charge in [-0.25, -0.2) is 0 Å². The van der Waals surface area contributed by atoms with E-state index >= 15 is 0 Å². The van der Waals surface area contributed by atoms with Gasteiger partial charge >= 0.3 is 0 Å². The van der Waals surface area contributed by atoms with Crippen LogP contribution < -0.4 is 20.5 Å². The van der Waals surface area contributed by atoms with Gasteiger partial charge in [-0.3, -0.25) is 9.79 Å². The number of nitrogens with two attached hydrogens (primary N) is 1. The monoisotopic (exact) mass is 613 g/mol. The molecule has 6 N–H and O–H groups in total. The first kappa shape index (κ1) is 32.1. The van der Waals surface area contributed by atoms with Crippen molar-refractivity contribution in [1.82, 2.24) is 5.32 Å². The van der Waals surface area contributed by atoms with Gasteiger partial charge in [0.25, 0.3) is 0 Å². The van der Waals surface area contributed by atoms with Gasteiger partial charge in [0.15, 0.2) is 29.0 Å². The van der Waals surface area contributed by atoms with Crippen LogP contribution >= 0.6 is 0 Å². The molecular weight excluding hydrogens is 570 g/mol. The molecule has 9 nitrogen and oxygen atoms in total. The number of Topliss-reactive ketones (excluding diaryl/α,β-unsaturated/α-hetero) is 1. The van der Waals surface area contributed by atoms with Crippen molar-refractivity contribution in [2.75, 3.05) is 26.8 Å². The van der Waals surface area contributed by atoms with Crippen LogP contribution in [-0.2, 0) is 30.5 Å². The second-order valence-electron chi connectivity index (χ2n) is 12.7. The van der Waals surface area contributed by atoms with Crippen molar-refractivity contribution >= 4 is 11.7 Å². The molecule has 0 amide bonds. The number of hydrogen-bond donors (Lipinski definition) is 5. The third kappa shape index (κ3) is 7.49. The van der Waals surface area contributed by atoms with Crippen LogP contribution in [0.3, 0.4) is 0 Å². The number of aryl methyl sites for hydroxylation is 1. The number of rotatable bonds is 5. The number of ether oxygens (including phenoxy) is 2. The van der Waals surface area contributed by atoms with Crippen molar-refractivity contribution in [1.29, 1.82) is 0 Å². The van der Waals surface area contributed by atoms with Gasteiger partial charge < -0.3 is 35.8 Å². The summed E-state index contributed by atoms with van der Waals surface area (Å²) in [5.41, 5.74) is 9.84. The lowest BCUT2D eigenvalue weighted by Crippen LogP contribution is -2.40. The number of guanidine groups is 1. The Labute approximate surface area is 265 Å². The molecule has 0 aromatic heterocycles. The summed E-state index contributed by atoms with van der Waals surface area (Å²) in [6.45, 7) is 5.79. The zero-order chi connectivity index (χ0) is 32.1. The van der Waals surface area contributed by atoms with Crippen molar-refractivity contribution < 1.29 is 29.6 Å². The van der Waals surface area contributed by atoms with E-state index in [0.717, 1.165) is 16.7 Å². The van der Waals surface area contributed by atoms with Gasteiger partial charge in [0, 0.05) is 55.8 Å². The van der Waals surface area contributed by atoms with E-state index in [1.807, 2.05) is 6.07 Å². The van der Waals surface area contributed by atoms with E-state index in [-0.39, 0.29) is 54.1 Å². The molecule has 1 heterocycles. The highest BCUT2D eigenvalue weighted by Crippen LogP contribution is 2.44. The fraction of sp³-hybridized carbons (Fsp3) is 0.500. The lowest BCUT2D eigenvalue weighted by Gasteiger charge is -2.34. The molecular formula is C36H43N3O6. The number of carbonyl (C=O) groups excluding carboxylic acids is 1. The van der Waals surface area contributed by atoms with Gasteiger partial charge in [0.1, 0.15) is 5.78 Å². The van der Waals surface area contributed by atoms with Crippen LogP contribution in [-0.4, -0.2) is 60.0 Å². The largest absolute Gasteiger partial charge is 0.504 e. The highest BCUT2D eigenvalue weighted by molar-refractivity contribution is 5.79. The molecule has 2 aliphatic carbocycles. The first-order valence-corrected chi connectivity index (χ1v) is 15.7. The third-order valence-corrected chi connectivity index (χ3v) is 8.86. The summed E-state index contributed by atoms with van der Waals surface area (Å²) < 4.78 is 11.7. The molecule has 1 aliphatic heterocycles. The fourth-order valence-electron chi connectivity index (χ4n) is 6.27. The summed E-state index contributed by atoms with van der Waals surface area (Å²) >= 11 is 0. The number of nitrogens with zero attached hydrogens (tertiary/aromatic N) is 1. The van der Waals surface area contributed by atoms with Crippen molar-refractivity contribution in [3.8, 4) is 46.7 Å². The topological polar surface area (TPSA) is 147 Å². The Morgan fingerprint density at radius 2 is 1.98 bits per heavy atom. The Hall–Kier alpha value is -4.34. The number of phenols is 2. The van der Waals surface area contributed by atoms with E-state index in [9.17, 15) is 20.1 Å². The SMILES string of the molecule is COc1c(O)ccc2c1C#CCc1cc3c4c(c1O)OCC(C4)C(CNC(N)=NCC(C)C)CC#CC(C3)C(O)CC(=O)CC2. The number of benzene rings is 2. The maximum Gasteiger partial charge on any atom is 0.188 e. The van der Waals surface area contributed by atoms with Gasteiger partial charge in [-0.2, -0.15) is 0 Å². The van der Waals surface area contributed by atoms with Crippen LogP contribution in [0.2, 0.25) is 0 Å². The van der Waals surface area contributed by atoms with Crippen molar-refractivity contribution in [2.24, 2.45) is 34.4 Å². The summed E-state index contributed by atoms with van der Waals surface area (Å²) in [4.78, 5) is 17.6. The zero-order valence-corrected chi connectivity index (χ0v) is 26.3. The average molecular weight is 614 g/mol. The maximum atomic E-state index is 13.1. The number of hydrogen-bond acceptors (Lipinski definition) is 7. The van der Waals surface area contributed by atoms with Crippen LogP contribution in [0.4, 0.5) is 0 Å². The minimum Gasteiger partial charge on any atom is -0.504 e. The third-order valence-electron chi connectivity index (χ3n) is 8.86. The molecule has 9 heteroatoms. The van der Waals surface area contributed by atoms with Crippen LogP contribution in [0.5, 0.6) is 23.0 Å². The van der Waals surface area contributed by atoms with Gasteiger partial charge in [-0.1, -0.05) is 43.7 Å². The van der Waals surface area contributed by atoms with Crippen molar-refractivity contribution in [3.63, 3.8) is 0 Å². The molecule has 0 fully saturated rings. The Kier molecular flexibility index (Phi) is 10.1. The standard InChI is InChI=1S/C36H43N3O6/c1-21(2)18-38-36(37)39-19-25-8-4-6-23-14-26-15-24(33(43)35-30(26)16-27(25)20-45-35)7-5-9-29-22(10-12-28(40)17-32(23)42)11-13-31(41)34(29)44-3/h11,13,15,21,23,25,27,32,41-43H,7-8,10,12,14,16-20H2,1-3H3,(H3,37,38,39). The number of nitrogens with one attached hydrogen (secondary N) is 1. The minimum absolute atomic E-state index is 0.0321. The quantitative estimate of drug-likeness (QED) is 0.196. The predicted molar refractivity (Wildman–Crippen MR) is 172 cm³/mol. The van der Waals surface area contributed by atoms with Crippen LogP contribution in [0.1, 0.15) is 60.9 Å². The second kappa shape index (κ2) is 14.2. The summed E-state index contributed by atoms with van der Waals surface area (Å²) in [5, 5.41) is 36.4. The van der Waals surface area contributed by atoms with E-state index in [1.54, 1.807) is 6.07 Å². The van der Waals surface area contributed by atoms with E-state index < -0.39 is 12.0 Å². The van der Waals surface area contributed by atoms with Gasteiger partial charge in [-0.05, 0) is 48.3 Å². The number of aliphatic hydroxyl groups is 1. The molecule has 0 spiro atoms. The van der Waals surface area contributed by atoms with Crippen LogP contribution in [0, 0.1) is 47.4 Å². The molecule has 4 unspecified atom stereocenters. The molecule has 4 atom stereocenters. The van der Waals surface area contributed by atoms with Gasteiger partial charge in [0.2, 0.25) is 0 Å². The zero-order valence-electron chi connectivity index (χ0n) is 26.3. The van der Waals surface area contributed by atoms with Gasteiger partial charge in [0.05, 0.1) is 31.3 Å². The number of carbonyl (C=O) groups is 1. The number of ketones is 1. The molecule has 0 saturated carbocycles. The molecule has 5 rings (SSSR count). The average Bonchev–Trinajstić information content (AvgIpc) is 3.01. The van der Waals surface area contributed by atoms with E-state index in [1.165, 1.54) is 13.2 Å². The number of aliphatic hydroxyl groups excluding tert-OH is 1. The lowest BCUT2D eigenvalue weighted by atomic mass is 9.78. The Bertz CT molecular complexity index is 1590. The molecule has 2 aromatic carbocycles. The normalized spacial score (nSPS) is 23.0. The minimum atomic E-state index is -0.969. The Morgan fingerprint density at radius 3 is 2.76 bits per heavy atom. The summed E-state index contributed by atoms with van der Waals surface area (Å²) in [6, 6.07) is 5.20. The number of fused-ring (bicyclic) bond motifs is 4. The van der Waals surface area contributed by atoms with Crippen molar-refractivity contribution in [3.05, 3.63) is 46.0 Å². The molecule has 5 bridgehead atoms. The number of aliphatic imine (C=N–C) groups is 1.